The van der Waals surface area contributed by atoms with Gasteiger partial charge < -0.3 is 16.7 Å². The van der Waals surface area contributed by atoms with E-state index in [1.807, 2.05) is 0 Å². The van der Waals surface area contributed by atoms with E-state index in [4.69, 9.17) is 15.3 Å². The number of carboxylic acid groups (broad SMARTS) is 3. The van der Waals surface area contributed by atoms with Crippen LogP contribution in [0.4, 0.5) is 0 Å². The zero-order chi connectivity index (χ0) is 11.3. The smallest absolute Gasteiger partial charge is 1.00 e. The molecule has 0 aliphatic heterocycles. The van der Waals surface area contributed by atoms with Crippen molar-refractivity contribution in [2.75, 3.05) is 0 Å². The Labute approximate surface area is 114 Å². The Balaban J connectivity index is -0.000000845. The molecule has 8 heteroatoms. The molecule has 0 aliphatic carbocycles. The molecule has 6 nitrogen and oxygen atoms in total. The van der Waals surface area contributed by atoms with E-state index in [9.17, 15) is 14.4 Å². The summed E-state index contributed by atoms with van der Waals surface area (Å²) in [4.78, 5) is 31.1. The quantitative estimate of drug-likeness (QED) is 0.435. The fourth-order valence-electron chi connectivity index (χ4n) is 0.657. The van der Waals surface area contributed by atoms with Gasteiger partial charge in [0.1, 0.15) is 10.5 Å². The van der Waals surface area contributed by atoms with Crippen molar-refractivity contribution in [3.8, 4) is 0 Å². The molecule has 0 aromatic carbocycles. The third-order valence-electron chi connectivity index (χ3n) is 1.35. The number of carboxylic acids is 3. The second kappa shape index (κ2) is 7.98. The van der Waals surface area contributed by atoms with Crippen molar-refractivity contribution in [1.82, 2.24) is 0 Å². The molecule has 2 atom stereocenters. The average Bonchev–Trinajstić information content (AvgIpc) is 2.01. The van der Waals surface area contributed by atoms with Crippen LogP contribution in [0.1, 0.15) is 14.8 Å². The van der Waals surface area contributed by atoms with Gasteiger partial charge in [-0.05, 0) is 6.92 Å². The van der Waals surface area contributed by atoms with Gasteiger partial charge in [0.2, 0.25) is 0 Å². The molecular weight excluding hydrogens is 235 g/mol. The molecule has 0 aliphatic rings. The molecule has 0 fully saturated rings. The number of rotatable bonds is 6. The van der Waals surface area contributed by atoms with Crippen LogP contribution in [0.15, 0.2) is 0 Å². The summed E-state index contributed by atoms with van der Waals surface area (Å²) in [6, 6.07) is 0. The molecule has 0 amide bonds. The molecule has 0 saturated carbocycles. The summed E-state index contributed by atoms with van der Waals surface area (Å²) in [5, 5.41) is 23.3. The van der Waals surface area contributed by atoms with Crippen LogP contribution in [0.2, 0.25) is 0 Å². The normalized spacial score (nSPS) is 13.4. The summed E-state index contributed by atoms with van der Waals surface area (Å²) in [5.74, 6) is -3.74. The second-order valence-electron chi connectivity index (χ2n) is 2.54. The predicted octanol–water partition coefficient (Wildman–Crippen LogP) is -2.76. The van der Waals surface area contributed by atoms with Crippen LogP contribution in [-0.2, 0) is 14.4 Å². The van der Waals surface area contributed by atoms with E-state index in [2.05, 4.69) is 0 Å². The molecule has 3 N–H and O–H groups in total. The van der Waals surface area contributed by atoms with Gasteiger partial charge in [0, 0.05) is 0 Å². The van der Waals surface area contributed by atoms with Crippen molar-refractivity contribution in [2.24, 2.45) is 0 Å². The molecule has 0 radical (unpaired) electrons. The van der Waals surface area contributed by atoms with E-state index in [1.54, 1.807) is 0 Å². The summed E-state index contributed by atoms with van der Waals surface area (Å²) >= 11 is 0.609. The largest absolute Gasteiger partial charge is 1.00 e. The van der Waals surface area contributed by atoms with Gasteiger partial charge in [-0.25, -0.2) is 0 Å². The summed E-state index contributed by atoms with van der Waals surface area (Å²) in [6.07, 6.45) is -0.586. The Kier molecular flexibility index (Phi) is 9.13. The number of aliphatic carboxylic acids is 3. The van der Waals surface area contributed by atoms with Gasteiger partial charge in [0.15, 0.2) is 0 Å². The maximum Gasteiger partial charge on any atom is 1.00 e. The Bertz CT molecular complexity index is 261. The number of hydrogen-bond acceptors (Lipinski definition) is 4. The molecule has 0 aromatic heterocycles. The predicted molar refractivity (Wildman–Crippen MR) is 49.5 cm³/mol. The Morgan fingerprint density at radius 2 is 1.67 bits per heavy atom. The van der Waals surface area contributed by atoms with Crippen LogP contribution in [0.25, 0.3) is 0 Å². The Morgan fingerprint density at radius 1 is 1.20 bits per heavy atom. The van der Waals surface area contributed by atoms with Gasteiger partial charge in [0.05, 0.1) is 6.42 Å². The molecule has 0 aromatic rings. The summed E-state index contributed by atoms with van der Waals surface area (Å²) in [7, 11) is 0. The topological polar surface area (TPSA) is 112 Å². The zero-order valence-corrected chi connectivity index (χ0v) is 11.2. The minimum atomic E-state index is -1.31. The van der Waals surface area contributed by atoms with Gasteiger partial charge in [-0.15, -0.1) is 11.8 Å². The summed E-state index contributed by atoms with van der Waals surface area (Å²) in [6.45, 7) is 1.31. The molecular formula is C7H11NaO6S. The molecule has 82 valence electrons. The number of hydrogen-bond donors (Lipinski definition) is 3. The minimum absolute atomic E-state index is 0. The molecule has 0 heterocycles. The van der Waals surface area contributed by atoms with Gasteiger partial charge in [-0.1, -0.05) is 0 Å². The minimum Gasteiger partial charge on any atom is -1.00 e. The van der Waals surface area contributed by atoms with Crippen LogP contribution in [0, 0.1) is 0 Å². The zero-order valence-electron chi connectivity index (χ0n) is 9.34. The maximum absolute atomic E-state index is 10.5. The first-order valence-electron chi connectivity index (χ1n) is 3.67. The van der Waals surface area contributed by atoms with Crippen LogP contribution >= 0.6 is 11.8 Å². The van der Waals surface area contributed by atoms with Crippen molar-refractivity contribution in [2.45, 2.75) is 23.8 Å². The van der Waals surface area contributed by atoms with E-state index in [0.29, 0.717) is 11.8 Å². The Morgan fingerprint density at radius 3 is 1.93 bits per heavy atom. The third kappa shape index (κ3) is 7.66. The summed E-state index contributed by atoms with van der Waals surface area (Å²) < 4.78 is 0. The van der Waals surface area contributed by atoms with Gasteiger partial charge >= 0.3 is 47.5 Å². The van der Waals surface area contributed by atoms with Crippen molar-refractivity contribution in [3.05, 3.63) is 0 Å². The first-order valence-corrected chi connectivity index (χ1v) is 4.61. The Hall–Kier alpha value is -0.240. The second-order valence-corrected chi connectivity index (χ2v) is 4.09. The third-order valence-corrected chi connectivity index (χ3v) is 2.66. The van der Waals surface area contributed by atoms with Crippen molar-refractivity contribution < 1.29 is 60.7 Å². The first-order chi connectivity index (χ1) is 6.34. The van der Waals surface area contributed by atoms with Crippen LogP contribution in [0.5, 0.6) is 0 Å². The first kappa shape index (κ1) is 17.2. The fourth-order valence-corrected chi connectivity index (χ4v) is 1.62. The molecule has 0 saturated heterocycles. The maximum atomic E-state index is 10.5. The SMILES string of the molecule is CC(SC(CC(=O)O)C(=O)O)C(=O)O.[H-].[Na+]. The molecule has 0 bridgehead atoms. The number of thioether (sulfide) groups is 1. The molecule has 2 unspecified atom stereocenters. The number of carbonyl (C=O) groups is 3. The molecule has 0 rings (SSSR count). The van der Waals surface area contributed by atoms with E-state index in [-0.39, 0.29) is 31.0 Å². The fraction of sp³-hybridized carbons (Fsp3) is 0.571. The monoisotopic (exact) mass is 246 g/mol. The molecule has 15 heavy (non-hydrogen) atoms. The van der Waals surface area contributed by atoms with Crippen molar-refractivity contribution in [3.63, 3.8) is 0 Å². The van der Waals surface area contributed by atoms with E-state index >= 15 is 0 Å². The van der Waals surface area contributed by atoms with Crippen LogP contribution in [-0.4, -0.2) is 43.7 Å². The van der Waals surface area contributed by atoms with Gasteiger partial charge in [-0.2, -0.15) is 0 Å². The standard InChI is InChI=1S/C7H10O6S.Na.H/c1-3(6(10)11)14-4(7(12)13)2-5(8)9;;/h3-4H,2H2,1H3,(H,8,9)(H,10,11)(H,12,13);;/q;+1;-1. The molecule has 0 spiro atoms. The van der Waals surface area contributed by atoms with E-state index < -0.39 is 34.8 Å². The van der Waals surface area contributed by atoms with Crippen LogP contribution in [0.3, 0.4) is 0 Å². The summed E-state index contributed by atoms with van der Waals surface area (Å²) in [5.41, 5.74) is 0. The average molecular weight is 246 g/mol. The van der Waals surface area contributed by atoms with Crippen LogP contribution < -0.4 is 29.6 Å². The van der Waals surface area contributed by atoms with E-state index in [1.165, 1.54) is 6.92 Å². The van der Waals surface area contributed by atoms with Gasteiger partial charge in [-0.3, -0.25) is 14.4 Å². The van der Waals surface area contributed by atoms with Crippen molar-refractivity contribution >= 4 is 29.7 Å². The van der Waals surface area contributed by atoms with E-state index in [0.717, 1.165) is 0 Å². The van der Waals surface area contributed by atoms with Gasteiger partial charge in [0.25, 0.3) is 0 Å². The van der Waals surface area contributed by atoms with Crippen molar-refractivity contribution in [1.29, 1.82) is 0 Å².